The Labute approximate surface area is 194 Å². The van der Waals surface area contributed by atoms with E-state index >= 15 is 0 Å². The number of rotatable bonds is 8. The summed E-state index contributed by atoms with van der Waals surface area (Å²) in [6, 6.07) is 9.65. The number of carbonyl (C=O) groups is 1. The van der Waals surface area contributed by atoms with Gasteiger partial charge >= 0.3 is 11.9 Å². The molecule has 1 amide bonds. The molecule has 0 atom stereocenters. The summed E-state index contributed by atoms with van der Waals surface area (Å²) in [6.07, 6.45) is -5.11. The van der Waals surface area contributed by atoms with Crippen molar-refractivity contribution in [3.63, 3.8) is 0 Å². The monoisotopic (exact) mass is 495 g/mol. The molecule has 2 aromatic carbocycles. The van der Waals surface area contributed by atoms with Gasteiger partial charge in [-0.15, -0.1) is 0 Å². The first-order valence-corrected chi connectivity index (χ1v) is 9.59. The number of methoxy groups -OCH3 is 1. The van der Waals surface area contributed by atoms with E-state index in [2.05, 4.69) is 10.4 Å². The number of hydrogen-bond acceptors (Lipinski definition) is 8. The average molecular weight is 495 g/mol. The van der Waals surface area contributed by atoms with Crippen molar-refractivity contribution in [2.24, 2.45) is 0 Å². The Balaban J connectivity index is 1.85. The zero-order chi connectivity index (χ0) is 25.9. The topological polar surface area (TPSA) is 152 Å². The molecular formula is C20H16F3N5O7. The predicted octanol–water partition coefficient (Wildman–Crippen LogP) is 4.47. The van der Waals surface area contributed by atoms with Gasteiger partial charge < -0.3 is 14.8 Å². The molecule has 0 aliphatic rings. The predicted molar refractivity (Wildman–Crippen MR) is 113 cm³/mol. The molecule has 0 fully saturated rings. The Bertz CT molecular complexity index is 1290. The number of hydrogen-bond donors (Lipinski definition) is 1. The highest BCUT2D eigenvalue weighted by molar-refractivity contribution is 5.91. The molecule has 0 unspecified atom stereocenters. The number of anilines is 1. The summed E-state index contributed by atoms with van der Waals surface area (Å²) in [5.41, 5.74) is -4.02. The molecule has 0 bridgehead atoms. The lowest BCUT2D eigenvalue weighted by molar-refractivity contribution is -0.388. The molecule has 0 radical (unpaired) electrons. The zero-order valence-corrected chi connectivity index (χ0v) is 18.0. The van der Waals surface area contributed by atoms with Gasteiger partial charge in [0.05, 0.1) is 28.7 Å². The Morgan fingerprint density at radius 2 is 1.69 bits per heavy atom. The van der Waals surface area contributed by atoms with Crippen LogP contribution < -0.4 is 14.8 Å². The van der Waals surface area contributed by atoms with E-state index in [1.54, 1.807) is 24.3 Å². The van der Waals surface area contributed by atoms with Gasteiger partial charge in [-0.3, -0.25) is 29.7 Å². The fourth-order valence-corrected chi connectivity index (χ4v) is 3.04. The number of nitrogens with one attached hydrogen (secondary N) is 1. The van der Waals surface area contributed by atoms with E-state index in [4.69, 9.17) is 9.47 Å². The van der Waals surface area contributed by atoms with Crippen LogP contribution in [0.2, 0.25) is 0 Å². The van der Waals surface area contributed by atoms with Crippen LogP contribution in [0.3, 0.4) is 0 Å². The normalized spacial score (nSPS) is 11.1. The van der Waals surface area contributed by atoms with E-state index < -0.39 is 51.2 Å². The van der Waals surface area contributed by atoms with Crippen LogP contribution in [0, 0.1) is 27.2 Å². The quantitative estimate of drug-likeness (QED) is 0.355. The van der Waals surface area contributed by atoms with Crippen molar-refractivity contribution < 1.29 is 37.3 Å². The van der Waals surface area contributed by atoms with E-state index in [0.29, 0.717) is 16.2 Å². The number of non-ortho nitro benzene ring substituents is 1. The lowest BCUT2D eigenvalue weighted by Crippen LogP contribution is -2.21. The van der Waals surface area contributed by atoms with Gasteiger partial charge in [-0.25, -0.2) is 0 Å². The number of nitrogens with zero attached hydrogens (tertiary/aromatic N) is 4. The van der Waals surface area contributed by atoms with E-state index in [0.717, 1.165) is 19.1 Å². The zero-order valence-electron chi connectivity index (χ0n) is 18.0. The summed E-state index contributed by atoms with van der Waals surface area (Å²) in [6.45, 7) is 0.196. The summed E-state index contributed by atoms with van der Waals surface area (Å²) < 4.78 is 50.5. The number of halogens is 3. The number of alkyl halides is 3. The molecule has 0 aliphatic heterocycles. The summed E-state index contributed by atoms with van der Waals surface area (Å²) in [7, 11) is 1.47. The standard InChI is InChI=1S/C20H16F3N5O7/c1-11-18(28(32)33)19(20(21,22)23)25-26(11)10-17(29)24-12-7-13(27(30)31)9-16(8-12)35-15-5-3-14(34-2)4-6-15/h3-9H,10H2,1-2H3,(H,24,29). The smallest absolute Gasteiger partial charge is 0.442 e. The number of benzene rings is 2. The fourth-order valence-electron chi connectivity index (χ4n) is 3.04. The minimum absolute atomic E-state index is 0.00932. The highest BCUT2D eigenvalue weighted by Gasteiger charge is 2.44. The molecule has 0 saturated carbocycles. The van der Waals surface area contributed by atoms with Crippen molar-refractivity contribution in [1.29, 1.82) is 0 Å². The Hall–Kier alpha value is -4.69. The molecule has 1 N–H and O–H groups in total. The molecule has 3 rings (SSSR count). The van der Waals surface area contributed by atoms with Crippen molar-refractivity contribution in [3.05, 3.63) is 74.1 Å². The average Bonchev–Trinajstić information content (AvgIpc) is 3.10. The minimum atomic E-state index is -5.11. The SMILES string of the molecule is COc1ccc(Oc2cc(NC(=O)Cn3nc(C(F)(F)F)c([N+](=O)[O-])c3C)cc([N+](=O)[O-])c2)cc1. The largest absolute Gasteiger partial charge is 0.497 e. The Kier molecular flexibility index (Phi) is 6.88. The van der Waals surface area contributed by atoms with Gasteiger partial charge in [-0.1, -0.05) is 0 Å². The maximum Gasteiger partial charge on any atom is 0.442 e. The van der Waals surface area contributed by atoms with Gasteiger partial charge in [0.1, 0.15) is 29.5 Å². The van der Waals surface area contributed by atoms with E-state index in [1.807, 2.05) is 0 Å². The molecule has 0 aliphatic carbocycles. The van der Waals surface area contributed by atoms with Gasteiger partial charge in [0.2, 0.25) is 11.6 Å². The van der Waals surface area contributed by atoms with Crippen molar-refractivity contribution in [2.45, 2.75) is 19.6 Å². The van der Waals surface area contributed by atoms with Crippen LogP contribution in [0.25, 0.3) is 0 Å². The summed E-state index contributed by atoms with van der Waals surface area (Å²) in [5.74, 6) is -0.0880. The van der Waals surface area contributed by atoms with E-state index in [9.17, 15) is 38.2 Å². The molecule has 0 saturated heterocycles. The molecule has 12 nitrogen and oxygen atoms in total. The van der Waals surface area contributed by atoms with Crippen LogP contribution in [0.15, 0.2) is 42.5 Å². The number of nitro groups is 2. The second kappa shape index (κ2) is 9.66. The number of carbonyl (C=O) groups excluding carboxylic acids is 1. The van der Waals surface area contributed by atoms with Crippen LogP contribution in [-0.2, 0) is 17.5 Å². The first-order chi connectivity index (χ1) is 16.4. The summed E-state index contributed by atoms with van der Waals surface area (Å²) in [5, 5.41) is 27.8. The van der Waals surface area contributed by atoms with Crippen LogP contribution >= 0.6 is 0 Å². The van der Waals surface area contributed by atoms with Gasteiger partial charge in [0.25, 0.3) is 5.69 Å². The summed E-state index contributed by atoms with van der Waals surface area (Å²) in [4.78, 5) is 32.9. The summed E-state index contributed by atoms with van der Waals surface area (Å²) >= 11 is 0. The first-order valence-electron chi connectivity index (χ1n) is 9.59. The molecule has 1 heterocycles. The highest BCUT2D eigenvalue weighted by Crippen LogP contribution is 2.37. The third kappa shape index (κ3) is 5.82. The second-order valence-electron chi connectivity index (χ2n) is 6.99. The number of amides is 1. The lowest BCUT2D eigenvalue weighted by atomic mass is 10.2. The van der Waals surface area contributed by atoms with Crippen LogP contribution in [0.4, 0.5) is 30.2 Å². The molecule has 3 aromatic rings. The third-order valence-electron chi connectivity index (χ3n) is 4.60. The number of ether oxygens (including phenoxy) is 2. The maximum absolute atomic E-state index is 13.1. The lowest BCUT2D eigenvalue weighted by Gasteiger charge is -2.10. The molecule has 15 heteroatoms. The molecule has 0 spiro atoms. The fraction of sp³-hybridized carbons (Fsp3) is 0.200. The van der Waals surface area contributed by atoms with Crippen molar-refractivity contribution in [1.82, 2.24) is 9.78 Å². The van der Waals surface area contributed by atoms with Crippen LogP contribution in [0.1, 0.15) is 11.4 Å². The highest BCUT2D eigenvalue weighted by atomic mass is 19.4. The van der Waals surface area contributed by atoms with Gasteiger partial charge in [-0.05, 0) is 31.2 Å². The Morgan fingerprint density at radius 1 is 1.06 bits per heavy atom. The third-order valence-corrected chi connectivity index (χ3v) is 4.60. The van der Waals surface area contributed by atoms with Crippen molar-refractivity contribution >= 4 is 23.0 Å². The van der Waals surface area contributed by atoms with Gasteiger partial charge in [0, 0.05) is 12.1 Å². The molecule has 35 heavy (non-hydrogen) atoms. The van der Waals surface area contributed by atoms with Crippen LogP contribution in [0.5, 0.6) is 17.2 Å². The molecule has 184 valence electrons. The Morgan fingerprint density at radius 3 is 2.20 bits per heavy atom. The van der Waals surface area contributed by atoms with E-state index in [1.165, 1.54) is 13.2 Å². The van der Waals surface area contributed by atoms with Crippen LogP contribution in [-0.4, -0.2) is 32.6 Å². The van der Waals surface area contributed by atoms with Crippen molar-refractivity contribution in [2.75, 3.05) is 12.4 Å². The molecule has 1 aromatic heterocycles. The second-order valence-corrected chi connectivity index (χ2v) is 6.99. The van der Waals surface area contributed by atoms with Crippen molar-refractivity contribution in [3.8, 4) is 17.2 Å². The maximum atomic E-state index is 13.1. The van der Waals surface area contributed by atoms with Gasteiger partial charge in [0.15, 0.2) is 0 Å². The number of nitro benzene ring substituents is 1. The molecular weight excluding hydrogens is 479 g/mol. The minimum Gasteiger partial charge on any atom is -0.497 e. The number of aromatic nitrogens is 2. The van der Waals surface area contributed by atoms with E-state index in [-0.39, 0.29) is 11.4 Å². The first kappa shape index (κ1) is 24.9. The van der Waals surface area contributed by atoms with Gasteiger partial charge in [-0.2, -0.15) is 18.3 Å².